The maximum atomic E-state index is 5.40. The number of ether oxygens (including phenoxy) is 1. The van der Waals surface area contributed by atoms with E-state index in [0.29, 0.717) is 5.92 Å². The van der Waals surface area contributed by atoms with Gasteiger partial charge in [-0.15, -0.1) is 11.3 Å². The Morgan fingerprint density at radius 2 is 1.88 bits per heavy atom. The minimum Gasteiger partial charge on any atom is -0.381 e. The van der Waals surface area contributed by atoms with E-state index in [4.69, 9.17) is 4.74 Å². The molecule has 0 atom stereocenters. The highest BCUT2D eigenvalue weighted by atomic mass is 32.1. The van der Waals surface area contributed by atoms with Crippen molar-refractivity contribution in [2.24, 2.45) is 0 Å². The molecule has 1 aliphatic rings. The number of rotatable bonds is 2. The SMILES string of the molecule is c1ccc(-c2ncc(C3CCOCC3)s2)cc1. The third-order valence-electron chi connectivity index (χ3n) is 3.17. The molecule has 88 valence electrons. The Bertz CT molecular complexity index is 474. The van der Waals surface area contributed by atoms with Crippen LogP contribution in [0.3, 0.4) is 0 Å². The third-order valence-corrected chi connectivity index (χ3v) is 4.38. The zero-order valence-corrected chi connectivity index (χ0v) is 10.5. The van der Waals surface area contributed by atoms with Crippen LogP contribution in [0.15, 0.2) is 36.5 Å². The third kappa shape index (κ3) is 2.40. The second kappa shape index (κ2) is 4.98. The average Bonchev–Trinajstić information content (AvgIpc) is 2.90. The molecule has 1 aromatic heterocycles. The van der Waals surface area contributed by atoms with Crippen LogP contribution >= 0.6 is 11.3 Å². The molecule has 1 fully saturated rings. The lowest BCUT2D eigenvalue weighted by molar-refractivity contribution is 0.0860. The molecule has 3 rings (SSSR count). The number of aromatic nitrogens is 1. The van der Waals surface area contributed by atoms with Crippen LogP contribution in [0.2, 0.25) is 0 Å². The van der Waals surface area contributed by atoms with E-state index in [2.05, 4.69) is 29.2 Å². The maximum absolute atomic E-state index is 5.40. The Hall–Kier alpha value is -1.19. The van der Waals surface area contributed by atoms with E-state index in [1.54, 1.807) is 0 Å². The van der Waals surface area contributed by atoms with Crippen molar-refractivity contribution in [1.29, 1.82) is 0 Å². The molecule has 0 N–H and O–H groups in total. The molecule has 0 spiro atoms. The smallest absolute Gasteiger partial charge is 0.123 e. The fraction of sp³-hybridized carbons (Fsp3) is 0.357. The maximum Gasteiger partial charge on any atom is 0.123 e. The number of hydrogen-bond acceptors (Lipinski definition) is 3. The Morgan fingerprint density at radius 1 is 1.12 bits per heavy atom. The zero-order chi connectivity index (χ0) is 11.5. The van der Waals surface area contributed by atoms with Crippen molar-refractivity contribution >= 4 is 11.3 Å². The fourth-order valence-corrected chi connectivity index (χ4v) is 3.26. The highest BCUT2D eigenvalue weighted by molar-refractivity contribution is 7.15. The lowest BCUT2D eigenvalue weighted by atomic mass is 9.99. The topological polar surface area (TPSA) is 22.1 Å². The van der Waals surface area contributed by atoms with E-state index in [0.717, 1.165) is 31.1 Å². The van der Waals surface area contributed by atoms with Crippen molar-refractivity contribution in [1.82, 2.24) is 4.98 Å². The predicted octanol–water partition coefficient (Wildman–Crippen LogP) is 3.70. The van der Waals surface area contributed by atoms with Gasteiger partial charge in [-0.05, 0) is 18.8 Å². The summed E-state index contributed by atoms with van der Waals surface area (Å²) >= 11 is 1.83. The van der Waals surface area contributed by atoms with E-state index in [1.807, 2.05) is 23.6 Å². The van der Waals surface area contributed by atoms with Crippen LogP contribution in [0.1, 0.15) is 23.6 Å². The Balaban J connectivity index is 1.83. The molecule has 3 heteroatoms. The highest BCUT2D eigenvalue weighted by Crippen LogP contribution is 2.34. The molecule has 2 aromatic rings. The van der Waals surface area contributed by atoms with Gasteiger partial charge in [0.25, 0.3) is 0 Å². The van der Waals surface area contributed by atoms with Crippen LogP contribution in [-0.4, -0.2) is 18.2 Å². The van der Waals surface area contributed by atoms with Crippen LogP contribution in [0.5, 0.6) is 0 Å². The first kappa shape index (κ1) is 10.9. The lowest BCUT2D eigenvalue weighted by Gasteiger charge is -2.20. The summed E-state index contributed by atoms with van der Waals surface area (Å²) in [7, 11) is 0. The molecule has 0 radical (unpaired) electrons. The Kier molecular flexibility index (Phi) is 3.20. The molecule has 0 saturated carbocycles. The molecule has 2 heterocycles. The summed E-state index contributed by atoms with van der Waals surface area (Å²) in [5.74, 6) is 0.652. The van der Waals surface area contributed by atoms with Gasteiger partial charge in [-0.25, -0.2) is 4.98 Å². The van der Waals surface area contributed by atoms with Gasteiger partial charge in [0.1, 0.15) is 5.01 Å². The van der Waals surface area contributed by atoms with Crippen LogP contribution < -0.4 is 0 Å². The van der Waals surface area contributed by atoms with E-state index in [1.165, 1.54) is 10.4 Å². The summed E-state index contributed by atoms with van der Waals surface area (Å²) in [4.78, 5) is 5.95. The summed E-state index contributed by atoms with van der Waals surface area (Å²) in [6, 6.07) is 10.4. The minimum absolute atomic E-state index is 0.652. The molecular formula is C14H15NOS. The first-order valence-electron chi connectivity index (χ1n) is 6.02. The summed E-state index contributed by atoms with van der Waals surface area (Å²) in [5, 5.41) is 1.13. The van der Waals surface area contributed by atoms with Gasteiger partial charge in [-0.2, -0.15) is 0 Å². The molecular weight excluding hydrogens is 230 g/mol. The molecule has 1 aliphatic heterocycles. The largest absolute Gasteiger partial charge is 0.381 e. The zero-order valence-electron chi connectivity index (χ0n) is 9.63. The van der Waals surface area contributed by atoms with E-state index in [-0.39, 0.29) is 0 Å². The van der Waals surface area contributed by atoms with Gasteiger partial charge < -0.3 is 4.74 Å². The molecule has 2 nitrogen and oxygen atoms in total. The molecule has 1 aromatic carbocycles. The predicted molar refractivity (Wildman–Crippen MR) is 70.3 cm³/mol. The van der Waals surface area contributed by atoms with Gasteiger partial charge in [0.05, 0.1) is 0 Å². The van der Waals surface area contributed by atoms with Crippen LogP contribution in [0, 0.1) is 0 Å². The van der Waals surface area contributed by atoms with Crippen LogP contribution in [0.4, 0.5) is 0 Å². The van der Waals surface area contributed by atoms with Gasteiger partial charge >= 0.3 is 0 Å². The molecule has 0 amide bonds. The number of benzene rings is 1. The second-order valence-corrected chi connectivity index (χ2v) is 5.38. The van der Waals surface area contributed by atoms with Gasteiger partial charge in [0, 0.05) is 29.9 Å². The fourth-order valence-electron chi connectivity index (χ4n) is 2.17. The molecule has 17 heavy (non-hydrogen) atoms. The average molecular weight is 245 g/mol. The molecule has 0 bridgehead atoms. The molecule has 0 aliphatic carbocycles. The van der Waals surface area contributed by atoms with Gasteiger partial charge in [0.2, 0.25) is 0 Å². The van der Waals surface area contributed by atoms with Crippen molar-refractivity contribution in [3.63, 3.8) is 0 Å². The summed E-state index contributed by atoms with van der Waals surface area (Å²) < 4.78 is 5.40. The quantitative estimate of drug-likeness (QED) is 0.804. The summed E-state index contributed by atoms with van der Waals surface area (Å²) in [5.41, 5.74) is 1.22. The van der Waals surface area contributed by atoms with Crippen molar-refractivity contribution < 1.29 is 4.74 Å². The van der Waals surface area contributed by atoms with Crippen molar-refractivity contribution in [3.05, 3.63) is 41.4 Å². The second-order valence-electron chi connectivity index (χ2n) is 4.32. The Morgan fingerprint density at radius 3 is 2.65 bits per heavy atom. The monoisotopic (exact) mass is 245 g/mol. The van der Waals surface area contributed by atoms with E-state index >= 15 is 0 Å². The first-order valence-corrected chi connectivity index (χ1v) is 6.84. The highest BCUT2D eigenvalue weighted by Gasteiger charge is 2.18. The molecule has 0 unspecified atom stereocenters. The first-order chi connectivity index (χ1) is 8.43. The minimum atomic E-state index is 0.652. The Labute approximate surface area is 105 Å². The number of thiazole rings is 1. The normalized spacial score (nSPS) is 17.2. The van der Waals surface area contributed by atoms with Gasteiger partial charge in [0.15, 0.2) is 0 Å². The van der Waals surface area contributed by atoms with Gasteiger partial charge in [-0.3, -0.25) is 0 Å². The van der Waals surface area contributed by atoms with Crippen LogP contribution in [0.25, 0.3) is 10.6 Å². The van der Waals surface area contributed by atoms with E-state index in [9.17, 15) is 0 Å². The van der Waals surface area contributed by atoms with E-state index < -0.39 is 0 Å². The molecule has 1 saturated heterocycles. The summed E-state index contributed by atoms with van der Waals surface area (Å²) in [6.45, 7) is 1.78. The number of hydrogen-bond donors (Lipinski definition) is 0. The summed E-state index contributed by atoms with van der Waals surface area (Å²) in [6.07, 6.45) is 4.32. The van der Waals surface area contributed by atoms with Crippen LogP contribution in [-0.2, 0) is 4.74 Å². The van der Waals surface area contributed by atoms with Gasteiger partial charge in [-0.1, -0.05) is 30.3 Å². The standard InChI is InChI=1S/C14H15NOS/c1-2-4-12(5-3-1)14-15-10-13(17-14)11-6-8-16-9-7-11/h1-5,10-11H,6-9H2. The van der Waals surface area contributed by atoms with Crippen molar-refractivity contribution in [3.8, 4) is 10.6 Å². The van der Waals surface area contributed by atoms with Crippen molar-refractivity contribution in [2.45, 2.75) is 18.8 Å². The lowest BCUT2D eigenvalue weighted by Crippen LogP contribution is -2.12. The number of nitrogens with zero attached hydrogens (tertiary/aromatic N) is 1. The van der Waals surface area contributed by atoms with Crippen molar-refractivity contribution in [2.75, 3.05) is 13.2 Å².